The van der Waals surface area contributed by atoms with Crippen LogP contribution in [0.15, 0.2) is 24.3 Å². The molecule has 0 bridgehead atoms. The number of rotatable bonds is 7. The van der Waals surface area contributed by atoms with Gasteiger partial charge in [-0.1, -0.05) is 32.1 Å². The first-order chi connectivity index (χ1) is 12.1. The zero-order chi connectivity index (χ0) is 18.1. The van der Waals surface area contributed by atoms with Gasteiger partial charge in [-0.15, -0.1) is 0 Å². The van der Waals surface area contributed by atoms with Crippen molar-refractivity contribution >= 4 is 23.5 Å². The smallest absolute Gasteiger partial charge is 0.325 e. The molecule has 0 atom stereocenters. The Hall–Kier alpha value is -2.37. The van der Waals surface area contributed by atoms with Crippen LogP contribution in [0.5, 0.6) is 0 Å². The summed E-state index contributed by atoms with van der Waals surface area (Å²) in [5.41, 5.74) is 1.09. The number of hydrogen-bond acceptors (Lipinski definition) is 4. The van der Waals surface area contributed by atoms with E-state index in [2.05, 4.69) is 15.4 Å². The second kappa shape index (κ2) is 9.81. The van der Waals surface area contributed by atoms with Gasteiger partial charge in [0.05, 0.1) is 7.11 Å². The van der Waals surface area contributed by atoms with E-state index in [-0.39, 0.29) is 18.4 Å². The molecule has 1 aromatic rings. The fraction of sp³-hybridized carbons (Fsp3) is 0.526. The van der Waals surface area contributed by atoms with Gasteiger partial charge in [-0.3, -0.25) is 14.4 Å². The number of ether oxygens (including phenoxy) is 1. The minimum atomic E-state index is -0.504. The predicted octanol–water partition coefficient (Wildman–Crippen LogP) is 2.89. The number of carbonyl (C=O) groups is 3. The number of methoxy groups -OCH3 is 1. The summed E-state index contributed by atoms with van der Waals surface area (Å²) in [5.74, 6) is -0.176. The Bertz CT molecular complexity index is 592. The van der Waals surface area contributed by atoms with Crippen molar-refractivity contribution in [3.8, 4) is 0 Å². The van der Waals surface area contributed by atoms with E-state index in [1.54, 1.807) is 24.3 Å². The molecule has 1 aromatic carbocycles. The quantitative estimate of drug-likeness (QED) is 0.744. The maximum Gasteiger partial charge on any atom is 0.325 e. The van der Waals surface area contributed by atoms with Gasteiger partial charge in [-0.25, -0.2) is 0 Å². The summed E-state index contributed by atoms with van der Waals surface area (Å²) in [4.78, 5) is 34.9. The Morgan fingerprint density at radius 3 is 2.40 bits per heavy atom. The zero-order valence-corrected chi connectivity index (χ0v) is 14.7. The lowest BCUT2D eigenvalue weighted by Gasteiger charge is -2.21. The van der Waals surface area contributed by atoms with Crippen LogP contribution in [0, 0.1) is 5.92 Å². The van der Waals surface area contributed by atoms with Crippen LogP contribution < -0.4 is 10.6 Å². The van der Waals surface area contributed by atoms with Crippen molar-refractivity contribution in [1.82, 2.24) is 5.32 Å². The van der Waals surface area contributed by atoms with Crippen LogP contribution in [-0.2, 0) is 14.3 Å². The Kier molecular flexibility index (Phi) is 7.44. The highest BCUT2D eigenvalue weighted by molar-refractivity contribution is 5.97. The summed E-state index contributed by atoms with van der Waals surface area (Å²) >= 11 is 0. The minimum absolute atomic E-state index is 0.00784. The molecule has 2 amide bonds. The molecule has 1 fully saturated rings. The highest BCUT2D eigenvalue weighted by atomic mass is 16.5. The average molecular weight is 346 g/mol. The largest absolute Gasteiger partial charge is 0.468 e. The number of nitrogens with one attached hydrogen (secondary N) is 2. The third-order valence-corrected chi connectivity index (χ3v) is 4.56. The van der Waals surface area contributed by atoms with Gasteiger partial charge in [0.25, 0.3) is 5.91 Å². The molecule has 25 heavy (non-hydrogen) atoms. The summed E-state index contributed by atoms with van der Waals surface area (Å²) in [5, 5.41) is 5.33. The molecular formula is C19H26N2O4. The van der Waals surface area contributed by atoms with E-state index < -0.39 is 5.97 Å². The van der Waals surface area contributed by atoms with Crippen LogP contribution in [0.3, 0.4) is 0 Å². The van der Waals surface area contributed by atoms with Crippen molar-refractivity contribution in [3.05, 3.63) is 29.8 Å². The molecule has 0 spiro atoms. The Morgan fingerprint density at radius 1 is 1.08 bits per heavy atom. The maximum absolute atomic E-state index is 12.0. The first-order valence-electron chi connectivity index (χ1n) is 8.83. The lowest BCUT2D eigenvalue weighted by atomic mass is 9.86. The van der Waals surface area contributed by atoms with Crippen molar-refractivity contribution in [3.63, 3.8) is 0 Å². The van der Waals surface area contributed by atoms with Crippen molar-refractivity contribution < 1.29 is 19.1 Å². The number of hydrogen-bond donors (Lipinski definition) is 2. The minimum Gasteiger partial charge on any atom is -0.468 e. The van der Waals surface area contributed by atoms with Gasteiger partial charge >= 0.3 is 5.97 Å². The molecule has 1 aliphatic carbocycles. The van der Waals surface area contributed by atoms with E-state index in [1.807, 2.05) is 0 Å². The molecular weight excluding hydrogens is 320 g/mol. The summed E-state index contributed by atoms with van der Waals surface area (Å²) in [6, 6.07) is 6.60. The van der Waals surface area contributed by atoms with Gasteiger partial charge in [-0.2, -0.15) is 0 Å². The lowest BCUT2D eigenvalue weighted by Crippen LogP contribution is -2.30. The van der Waals surface area contributed by atoms with Gasteiger partial charge in [0.15, 0.2) is 0 Å². The van der Waals surface area contributed by atoms with Gasteiger partial charge in [0.2, 0.25) is 5.91 Å². The average Bonchev–Trinajstić information content (AvgIpc) is 2.65. The third-order valence-electron chi connectivity index (χ3n) is 4.56. The maximum atomic E-state index is 12.0. The second-order valence-electron chi connectivity index (χ2n) is 6.43. The number of esters is 1. The number of anilines is 1. The molecule has 0 saturated heterocycles. The Morgan fingerprint density at radius 2 is 1.76 bits per heavy atom. The number of amides is 2. The number of benzene rings is 1. The molecule has 0 aliphatic heterocycles. The molecule has 136 valence electrons. The van der Waals surface area contributed by atoms with E-state index in [0.29, 0.717) is 23.6 Å². The van der Waals surface area contributed by atoms with Crippen LogP contribution in [0.1, 0.15) is 55.3 Å². The fourth-order valence-electron chi connectivity index (χ4n) is 3.07. The van der Waals surface area contributed by atoms with E-state index in [4.69, 9.17) is 0 Å². The molecule has 6 heteroatoms. The van der Waals surface area contributed by atoms with Gasteiger partial charge < -0.3 is 15.4 Å². The van der Waals surface area contributed by atoms with Crippen molar-refractivity contribution in [2.24, 2.45) is 5.92 Å². The monoisotopic (exact) mass is 346 g/mol. The predicted molar refractivity (Wildman–Crippen MR) is 95.2 cm³/mol. The van der Waals surface area contributed by atoms with Crippen LogP contribution in [0.25, 0.3) is 0 Å². The fourth-order valence-corrected chi connectivity index (χ4v) is 3.07. The Labute approximate surface area is 148 Å². The van der Waals surface area contributed by atoms with E-state index in [9.17, 15) is 14.4 Å². The third kappa shape index (κ3) is 6.57. The van der Waals surface area contributed by atoms with Crippen LogP contribution in [0.4, 0.5) is 5.69 Å². The molecule has 2 rings (SSSR count). The van der Waals surface area contributed by atoms with E-state index >= 15 is 0 Å². The standard InChI is InChI=1S/C19H26N2O4/c1-25-18(23)13-20-19(24)15-8-10-16(11-9-15)21-17(22)12-7-14-5-3-2-4-6-14/h8-11,14H,2-7,12-13H2,1H3,(H,20,24)(H,21,22). The summed E-state index contributed by atoms with van der Waals surface area (Å²) in [7, 11) is 1.26. The van der Waals surface area contributed by atoms with Crippen LogP contribution in [-0.4, -0.2) is 31.4 Å². The van der Waals surface area contributed by atoms with Crippen LogP contribution >= 0.6 is 0 Å². The summed E-state index contributed by atoms with van der Waals surface area (Å²) < 4.78 is 4.46. The first-order valence-corrected chi connectivity index (χ1v) is 8.83. The van der Waals surface area contributed by atoms with Gasteiger partial charge in [0.1, 0.15) is 6.54 Å². The van der Waals surface area contributed by atoms with E-state index in [0.717, 1.165) is 6.42 Å². The van der Waals surface area contributed by atoms with E-state index in [1.165, 1.54) is 39.2 Å². The summed E-state index contributed by atoms with van der Waals surface area (Å²) in [6.07, 6.45) is 7.84. The molecule has 0 unspecified atom stereocenters. The SMILES string of the molecule is COC(=O)CNC(=O)c1ccc(NC(=O)CCC2CCCCC2)cc1. The lowest BCUT2D eigenvalue weighted by molar-refractivity contribution is -0.139. The number of carbonyl (C=O) groups excluding carboxylic acids is 3. The Balaban J connectivity index is 1.76. The molecule has 0 heterocycles. The summed E-state index contributed by atoms with van der Waals surface area (Å²) in [6.45, 7) is -0.172. The highest BCUT2D eigenvalue weighted by Gasteiger charge is 2.15. The van der Waals surface area contributed by atoms with Crippen molar-refractivity contribution in [2.45, 2.75) is 44.9 Å². The second-order valence-corrected chi connectivity index (χ2v) is 6.43. The molecule has 1 aliphatic rings. The molecule has 0 aromatic heterocycles. The first kappa shape index (κ1) is 19.0. The van der Waals surface area contributed by atoms with Gasteiger partial charge in [-0.05, 0) is 36.6 Å². The van der Waals surface area contributed by atoms with Gasteiger partial charge in [0, 0.05) is 17.7 Å². The molecule has 1 saturated carbocycles. The molecule has 0 radical (unpaired) electrons. The molecule has 2 N–H and O–H groups in total. The highest BCUT2D eigenvalue weighted by Crippen LogP contribution is 2.27. The van der Waals surface area contributed by atoms with Crippen molar-refractivity contribution in [2.75, 3.05) is 19.0 Å². The van der Waals surface area contributed by atoms with Crippen molar-refractivity contribution in [1.29, 1.82) is 0 Å². The van der Waals surface area contributed by atoms with Crippen LogP contribution in [0.2, 0.25) is 0 Å². The molecule has 6 nitrogen and oxygen atoms in total. The zero-order valence-electron chi connectivity index (χ0n) is 14.7. The normalized spacial score (nSPS) is 14.6. The topological polar surface area (TPSA) is 84.5 Å².